The molecule has 1 aromatic carbocycles. The maximum Gasteiger partial charge on any atom is 0.123 e. The van der Waals surface area contributed by atoms with Gasteiger partial charge in [-0.3, -0.25) is 10.00 Å². The molecule has 3 rings (SSSR count). The number of benzene rings is 1. The Labute approximate surface area is 137 Å². The summed E-state index contributed by atoms with van der Waals surface area (Å²) in [6.07, 6.45) is 6.43. The summed E-state index contributed by atoms with van der Waals surface area (Å²) >= 11 is 0. The summed E-state index contributed by atoms with van der Waals surface area (Å²) in [6.45, 7) is 7.44. The van der Waals surface area contributed by atoms with Gasteiger partial charge in [0.2, 0.25) is 0 Å². The Morgan fingerprint density at radius 2 is 2.30 bits per heavy atom. The number of rotatable bonds is 4. The quantitative estimate of drug-likeness (QED) is 0.850. The molecule has 0 amide bonds. The molecule has 0 spiro atoms. The molecule has 23 heavy (non-hydrogen) atoms. The third kappa shape index (κ3) is 3.88. The van der Waals surface area contributed by atoms with Crippen LogP contribution < -0.4 is 0 Å². The first-order valence-corrected chi connectivity index (χ1v) is 8.28. The average Bonchev–Trinajstić information content (AvgIpc) is 3.03. The first-order chi connectivity index (χ1) is 11.1. The number of halogens is 1. The number of piperidine rings is 1. The highest BCUT2D eigenvalue weighted by Gasteiger charge is 2.24. The molecule has 0 saturated carbocycles. The minimum atomic E-state index is -0.205. The molecule has 1 aliphatic heterocycles. The highest BCUT2D eigenvalue weighted by atomic mass is 19.1. The molecule has 0 bridgehead atoms. The highest BCUT2D eigenvalue weighted by molar-refractivity contribution is 5.65. The van der Waals surface area contributed by atoms with Gasteiger partial charge in [0.1, 0.15) is 5.82 Å². The largest absolute Gasteiger partial charge is 0.299 e. The lowest BCUT2D eigenvalue weighted by Crippen LogP contribution is -2.34. The van der Waals surface area contributed by atoms with E-state index in [0.29, 0.717) is 5.92 Å². The summed E-state index contributed by atoms with van der Waals surface area (Å²) in [5, 5.41) is 7.39. The monoisotopic (exact) mass is 313 g/mol. The lowest BCUT2D eigenvalue weighted by atomic mass is 9.90. The second-order valence-electron chi connectivity index (χ2n) is 6.59. The van der Waals surface area contributed by atoms with Crippen LogP contribution in [-0.2, 0) is 0 Å². The van der Waals surface area contributed by atoms with Crippen molar-refractivity contribution in [1.29, 1.82) is 0 Å². The van der Waals surface area contributed by atoms with Gasteiger partial charge in [-0.15, -0.1) is 0 Å². The zero-order chi connectivity index (χ0) is 16.2. The summed E-state index contributed by atoms with van der Waals surface area (Å²) < 4.78 is 13.5. The molecular formula is C19H24FN3. The van der Waals surface area contributed by atoms with Crippen molar-refractivity contribution in [2.24, 2.45) is 0 Å². The van der Waals surface area contributed by atoms with E-state index in [4.69, 9.17) is 0 Å². The highest BCUT2D eigenvalue weighted by Crippen LogP contribution is 2.33. The van der Waals surface area contributed by atoms with Crippen molar-refractivity contribution in [3.8, 4) is 11.1 Å². The van der Waals surface area contributed by atoms with Crippen molar-refractivity contribution in [2.45, 2.75) is 32.6 Å². The van der Waals surface area contributed by atoms with E-state index < -0.39 is 0 Å². The standard InChI is InChI=1S/C19H24FN3/c1-14(2)8-10-23-9-4-6-16(13-23)19-18(12-21-22-19)15-5-3-7-17(20)11-15/h3,5,7-8,11-12,16H,4,6,9-10,13H2,1-2H3,(H,21,22)/t16-/m1/s1. The van der Waals surface area contributed by atoms with Gasteiger partial charge in [-0.1, -0.05) is 23.8 Å². The molecule has 1 N–H and O–H groups in total. The van der Waals surface area contributed by atoms with E-state index in [0.717, 1.165) is 42.9 Å². The normalized spacial score (nSPS) is 18.8. The molecule has 1 saturated heterocycles. The fraction of sp³-hybridized carbons (Fsp3) is 0.421. The van der Waals surface area contributed by atoms with Gasteiger partial charge in [0.15, 0.2) is 0 Å². The van der Waals surface area contributed by atoms with Crippen LogP contribution in [0.1, 0.15) is 38.3 Å². The maximum atomic E-state index is 13.5. The Hall–Kier alpha value is -1.94. The van der Waals surface area contributed by atoms with Crippen molar-refractivity contribution < 1.29 is 4.39 Å². The number of aromatic amines is 1. The van der Waals surface area contributed by atoms with E-state index in [2.05, 4.69) is 35.0 Å². The molecule has 1 aliphatic rings. The number of hydrogen-bond acceptors (Lipinski definition) is 2. The molecule has 3 nitrogen and oxygen atoms in total. The zero-order valence-electron chi connectivity index (χ0n) is 13.8. The average molecular weight is 313 g/mol. The van der Waals surface area contributed by atoms with Crippen LogP contribution in [0.5, 0.6) is 0 Å². The first kappa shape index (κ1) is 15.9. The first-order valence-electron chi connectivity index (χ1n) is 8.28. The van der Waals surface area contributed by atoms with Gasteiger partial charge in [-0.2, -0.15) is 5.10 Å². The molecule has 0 unspecified atom stereocenters. The van der Waals surface area contributed by atoms with Crippen LogP contribution in [0.3, 0.4) is 0 Å². The lowest BCUT2D eigenvalue weighted by Gasteiger charge is -2.32. The van der Waals surface area contributed by atoms with Gasteiger partial charge < -0.3 is 0 Å². The molecule has 1 fully saturated rings. The van der Waals surface area contributed by atoms with Gasteiger partial charge in [0.05, 0.1) is 6.20 Å². The number of allylic oxidation sites excluding steroid dienone is 1. The van der Waals surface area contributed by atoms with Crippen molar-refractivity contribution in [2.75, 3.05) is 19.6 Å². The summed E-state index contributed by atoms with van der Waals surface area (Å²) in [4.78, 5) is 2.48. The minimum absolute atomic E-state index is 0.205. The summed E-state index contributed by atoms with van der Waals surface area (Å²) in [6, 6.07) is 6.76. The fourth-order valence-corrected chi connectivity index (χ4v) is 3.26. The maximum absolute atomic E-state index is 13.5. The minimum Gasteiger partial charge on any atom is -0.299 e. The number of nitrogens with zero attached hydrogens (tertiary/aromatic N) is 2. The van der Waals surface area contributed by atoms with Gasteiger partial charge >= 0.3 is 0 Å². The number of nitrogens with one attached hydrogen (secondary N) is 1. The predicted molar refractivity (Wildman–Crippen MR) is 91.8 cm³/mol. The molecule has 122 valence electrons. The third-order valence-electron chi connectivity index (χ3n) is 4.48. The number of likely N-dealkylation sites (tertiary alicyclic amines) is 1. The van der Waals surface area contributed by atoms with Gasteiger partial charge in [0, 0.05) is 30.3 Å². The predicted octanol–water partition coefficient (Wildman–Crippen LogP) is 4.36. The molecule has 0 radical (unpaired) electrons. The molecule has 0 aliphatic carbocycles. The van der Waals surface area contributed by atoms with E-state index in [9.17, 15) is 4.39 Å². The Morgan fingerprint density at radius 1 is 1.43 bits per heavy atom. The topological polar surface area (TPSA) is 31.9 Å². The summed E-state index contributed by atoms with van der Waals surface area (Å²) in [5.74, 6) is 0.221. The molecule has 4 heteroatoms. The third-order valence-corrected chi connectivity index (χ3v) is 4.48. The second-order valence-corrected chi connectivity index (χ2v) is 6.59. The van der Waals surface area contributed by atoms with Crippen LogP contribution in [-0.4, -0.2) is 34.7 Å². The van der Waals surface area contributed by atoms with Crippen LogP contribution in [0.4, 0.5) is 4.39 Å². The van der Waals surface area contributed by atoms with Crippen LogP contribution in [0.25, 0.3) is 11.1 Å². The van der Waals surface area contributed by atoms with Crippen LogP contribution in [0, 0.1) is 5.82 Å². The lowest BCUT2D eigenvalue weighted by molar-refractivity contribution is 0.226. The SMILES string of the molecule is CC(C)=CCN1CCC[C@@H](c2[nH]ncc2-c2cccc(F)c2)C1. The molecule has 1 aromatic heterocycles. The molecule has 2 heterocycles. The van der Waals surface area contributed by atoms with Crippen molar-refractivity contribution >= 4 is 0 Å². The van der Waals surface area contributed by atoms with Crippen molar-refractivity contribution in [1.82, 2.24) is 15.1 Å². The molecule has 2 aromatic rings. The van der Waals surface area contributed by atoms with Crippen LogP contribution in [0.15, 0.2) is 42.1 Å². The van der Waals surface area contributed by atoms with Crippen LogP contribution in [0.2, 0.25) is 0 Å². The van der Waals surface area contributed by atoms with E-state index in [1.54, 1.807) is 12.1 Å². The van der Waals surface area contributed by atoms with E-state index in [1.165, 1.54) is 18.1 Å². The Morgan fingerprint density at radius 3 is 3.09 bits per heavy atom. The zero-order valence-corrected chi connectivity index (χ0v) is 13.8. The molecule has 1 atom stereocenters. The van der Waals surface area contributed by atoms with Crippen LogP contribution >= 0.6 is 0 Å². The van der Waals surface area contributed by atoms with E-state index in [1.807, 2.05) is 12.3 Å². The summed E-state index contributed by atoms with van der Waals surface area (Å²) in [7, 11) is 0. The number of H-pyrrole nitrogens is 1. The van der Waals surface area contributed by atoms with Crippen molar-refractivity contribution in [3.63, 3.8) is 0 Å². The molecular weight excluding hydrogens is 289 g/mol. The smallest absolute Gasteiger partial charge is 0.123 e. The fourth-order valence-electron chi connectivity index (χ4n) is 3.26. The van der Waals surface area contributed by atoms with Gasteiger partial charge in [0.25, 0.3) is 0 Å². The summed E-state index contributed by atoms with van der Waals surface area (Å²) in [5.41, 5.74) is 4.42. The van der Waals surface area contributed by atoms with E-state index in [-0.39, 0.29) is 5.82 Å². The second kappa shape index (κ2) is 7.09. The Kier molecular flexibility index (Phi) is 4.91. The van der Waals surface area contributed by atoms with Gasteiger partial charge in [-0.05, 0) is 50.9 Å². The Balaban J connectivity index is 1.80. The van der Waals surface area contributed by atoms with E-state index >= 15 is 0 Å². The number of aromatic nitrogens is 2. The van der Waals surface area contributed by atoms with Crippen molar-refractivity contribution in [3.05, 3.63) is 53.6 Å². The van der Waals surface area contributed by atoms with Gasteiger partial charge in [-0.25, -0.2) is 4.39 Å². The number of hydrogen-bond donors (Lipinski definition) is 1. The Bertz CT molecular complexity index is 685.